The first-order valence-electron chi connectivity index (χ1n) is 7.41. The number of hydrogen-bond donors (Lipinski definition) is 1. The predicted molar refractivity (Wildman–Crippen MR) is 85.2 cm³/mol. The Hall–Kier alpha value is -2.07. The molecule has 1 aliphatic heterocycles. The zero-order chi connectivity index (χ0) is 15.7. The van der Waals surface area contributed by atoms with Gasteiger partial charge in [0.05, 0.1) is 7.11 Å². The molecule has 0 amide bonds. The van der Waals surface area contributed by atoms with E-state index in [1.807, 2.05) is 32.2 Å². The molecule has 0 fully saturated rings. The van der Waals surface area contributed by atoms with E-state index >= 15 is 0 Å². The predicted octanol–water partition coefficient (Wildman–Crippen LogP) is 3.33. The second-order valence-corrected chi connectivity index (χ2v) is 5.65. The Kier molecular flexibility index (Phi) is 4.03. The van der Waals surface area contributed by atoms with Crippen LogP contribution in [0.3, 0.4) is 0 Å². The molecule has 2 aromatic carbocycles. The Morgan fingerprint density at radius 3 is 2.82 bits per heavy atom. The highest BCUT2D eigenvalue weighted by Crippen LogP contribution is 2.43. The minimum Gasteiger partial charge on any atom is -0.496 e. The van der Waals surface area contributed by atoms with E-state index in [2.05, 4.69) is 5.32 Å². The van der Waals surface area contributed by atoms with Gasteiger partial charge in [-0.25, -0.2) is 4.39 Å². The van der Waals surface area contributed by atoms with Crippen molar-refractivity contribution < 1.29 is 13.9 Å². The summed E-state index contributed by atoms with van der Waals surface area (Å²) < 4.78 is 25.5. The van der Waals surface area contributed by atoms with E-state index in [1.165, 1.54) is 6.07 Å². The first kappa shape index (κ1) is 14.9. The van der Waals surface area contributed by atoms with Crippen LogP contribution in [-0.2, 0) is 6.42 Å². The third kappa shape index (κ3) is 2.66. The Morgan fingerprint density at radius 1 is 1.27 bits per heavy atom. The summed E-state index contributed by atoms with van der Waals surface area (Å²) in [7, 11) is 3.51. The number of methoxy groups -OCH3 is 1. The van der Waals surface area contributed by atoms with Crippen LogP contribution >= 0.6 is 0 Å². The van der Waals surface area contributed by atoms with E-state index in [4.69, 9.17) is 9.47 Å². The van der Waals surface area contributed by atoms with Gasteiger partial charge in [0, 0.05) is 29.7 Å². The summed E-state index contributed by atoms with van der Waals surface area (Å²) >= 11 is 0. The van der Waals surface area contributed by atoms with Crippen LogP contribution < -0.4 is 14.8 Å². The van der Waals surface area contributed by atoms with Crippen LogP contribution in [0.15, 0.2) is 30.3 Å². The third-order valence-corrected chi connectivity index (χ3v) is 3.94. The molecule has 0 radical (unpaired) electrons. The molecule has 0 spiro atoms. The number of rotatable bonds is 4. The number of halogens is 1. The van der Waals surface area contributed by atoms with Gasteiger partial charge in [0.15, 0.2) is 0 Å². The van der Waals surface area contributed by atoms with Crippen molar-refractivity contribution in [1.82, 2.24) is 5.32 Å². The maximum atomic E-state index is 14.0. The summed E-state index contributed by atoms with van der Waals surface area (Å²) in [5.41, 5.74) is 3.63. The Balaban J connectivity index is 2.12. The number of fused-ring (bicyclic) bond motifs is 1. The molecular weight excluding hydrogens is 281 g/mol. The Labute approximate surface area is 130 Å². The van der Waals surface area contributed by atoms with Crippen molar-refractivity contribution in [2.24, 2.45) is 0 Å². The molecular formula is C18H20FNO2. The molecule has 0 saturated heterocycles. The molecule has 1 N–H and O–H groups in total. The minimum absolute atomic E-state index is 0.0383. The lowest BCUT2D eigenvalue weighted by atomic mass is 9.98. The standard InChI is InChI=1S/C18H20FNO2/c1-11-4-5-17(21-3)15(6-11)16-9-13(19)7-12-8-14(10-20-2)22-18(12)16/h4-7,9,14,20H,8,10H2,1-3H3. The molecule has 1 unspecified atom stereocenters. The maximum Gasteiger partial charge on any atom is 0.131 e. The summed E-state index contributed by atoms with van der Waals surface area (Å²) in [4.78, 5) is 0. The van der Waals surface area contributed by atoms with Crippen LogP contribution in [0, 0.1) is 12.7 Å². The van der Waals surface area contributed by atoms with E-state index in [1.54, 1.807) is 13.2 Å². The van der Waals surface area contributed by atoms with Gasteiger partial charge in [0.25, 0.3) is 0 Å². The fraction of sp³-hybridized carbons (Fsp3) is 0.333. The highest BCUT2D eigenvalue weighted by molar-refractivity contribution is 5.78. The molecule has 1 aliphatic rings. The number of likely N-dealkylation sites (N-methyl/N-ethyl adjacent to an activating group) is 1. The average molecular weight is 301 g/mol. The van der Waals surface area contributed by atoms with Gasteiger partial charge < -0.3 is 14.8 Å². The van der Waals surface area contributed by atoms with Crippen LogP contribution in [0.5, 0.6) is 11.5 Å². The fourth-order valence-corrected chi connectivity index (χ4v) is 2.97. The Morgan fingerprint density at radius 2 is 2.09 bits per heavy atom. The molecule has 0 saturated carbocycles. The third-order valence-electron chi connectivity index (χ3n) is 3.94. The SMILES string of the molecule is CNCC1Cc2cc(F)cc(-c3cc(C)ccc3OC)c2O1. The van der Waals surface area contributed by atoms with Gasteiger partial charge in [-0.2, -0.15) is 0 Å². The number of benzene rings is 2. The molecule has 3 nitrogen and oxygen atoms in total. The molecule has 116 valence electrons. The Bertz CT molecular complexity index is 700. The summed E-state index contributed by atoms with van der Waals surface area (Å²) in [6, 6.07) is 8.98. The van der Waals surface area contributed by atoms with Gasteiger partial charge >= 0.3 is 0 Å². The highest BCUT2D eigenvalue weighted by atomic mass is 19.1. The summed E-state index contributed by atoms with van der Waals surface area (Å²) in [5, 5.41) is 3.11. The number of ether oxygens (including phenoxy) is 2. The van der Waals surface area contributed by atoms with Crippen LogP contribution in [-0.4, -0.2) is 26.8 Å². The largest absolute Gasteiger partial charge is 0.496 e. The molecule has 1 heterocycles. The molecule has 0 bridgehead atoms. The smallest absolute Gasteiger partial charge is 0.131 e. The van der Waals surface area contributed by atoms with E-state index in [-0.39, 0.29) is 11.9 Å². The van der Waals surface area contributed by atoms with Crippen LogP contribution in [0.4, 0.5) is 4.39 Å². The lowest BCUT2D eigenvalue weighted by molar-refractivity contribution is 0.232. The number of hydrogen-bond acceptors (Lipinski definition) is 3. The van der Waals surface area contributed by atoms with Crippen molar-refractivity contribution in [2.45, 2.75) is 19.4 Å². The fourth-order valence-electron chi connectivity index (χ4n) is 2.97. The highest BCUT2D eigenvalue weighted by Gasteiger charge is 2.27. The van der Waals surface area contributed by atoms with Gasteiger partial charge in [-0.1, -0.05) is 11.6 Å². The van der Waals surface area contributed by atoms with Gasteiger partial charge in [0.2, 0.25) is 0 Å². The van der Waals surface area contributed by atoms with Crippen LogP contribution in [0.25, 0.3) is 11.1 Å². The minimum atomic E-state index is -0.244. The average Bonchev–Trinajstić information content (AvgIpc) is 2.89. The van der Waals surface area contributed by atoms with Crippen molar-refractivity contribution in [3.05, 3.63) is 47.3 Å². The van der Waals surface area contributed by atoms with E-state index in [0.717, 1.165) is 46.7 Å². The quantitative estimate of drug-likeness (QED) is 0.939. The van der Waals surface area contributed by atoms with Crippen molar-refractivity contribution in [1.29, 1.82) is 0 Å². The van der Waals surface area contributed by atoms with Gasteiger partial charge in [0.1, 0.15) is 23.4 Å². The number of nitrogens with one attached hydrogen (secondary N) is 1. The van der Waals surface area contributed by atoms with Crippen molar-refractivity contribution in [2.75, 3.05) is 20.7 Å². The topological polar surface area (TPSA) is 30.5 Å². The first-order chi connectivity index (χ1) is 10.6. The molecule has 0 aliphatic carbocycles. The first-order valence-corrected chi connectivity index (χ1v) is 7.41. The molecule has 3 rings (SSSR count). The van der Waals surface area contributed by atoms with Crippen molar-refractivity contribution in [3.63, 3.8) is 0 Å². The molecule has 4 heteroatoms. The lowest BCUT2D eigenvalue weighted by Gasteiger charge is -2.15. The van der Waals surface area contributed by atoms with E-state index in [0.29, 0.717) is 0 Å². The molecule has 22 heavy (non-hydrogen) atoms. The van der Waals surface area contributed by atoms with E-state index < -0.39 is 0 Å². The monoisotopic (exact) mass is 301 g/mol. The summed E-state index contributed by atoms with van der Waals surface area (Å²) in [6.07, 6.45) is 0.756. The van der Waals surface area contributed by atoms with Gasteiger partial charge in [-0.05, 0) is 38.2 Å². The second-order valence-electron chi connectivity index (χ2n) is 5.65. The van der Waals surface area contributed by atoms with Crippen LogP contribution in [0.1, 0.15) is 11.1 Å². The summed E-state index contributed by atoms with van der Waals surface area (Å²) in [6.45, 7) is 2.74. The zero-order valence-electron chi connectivity index (χ0n) is 13.1. The van der Waals surface area contributed by atoms with Crippen LogP contribution in [0.2, 0.25) is 0 Å². The molecule has 0 aromatic heterocycles. The van der Waals surface area contributed by atoms with Gasteiger partial charge in [-0.3, -0.25) is 0 Å². The zero-order valence-corrected chi connectivity index (χ0v) is 13.1. The van der Waals surface area contributed by atoms with Crippen molar-refractivity contribution >= 4 is 0 Å². The van der Waals surface area contributed by atoms with E-state index in [9.17, 15) is 4.39 Å². The lowest BCUT2D eigenvalue weighted by Crippen LogP contribution is -2.27. The summed E-state index contributed by atoms with van der Waals surface area (Å²) in [5.74, 6) is 1.25. The number of aryl methyl sites for hydroxylation is 1. The van der Waals surface area contributed by atoms with Gasteiger partial charge in [-0.15, -0.1) is 0 Å². The normalized spacial score (nSPS) is 16.3. The second kappa shape index (κ2) is 5.97. The maximum absolute atomic E-state index is 14.0. The molecule has 2 aromatic rings. The molecule has 1 atom stereocenters. The van der Waals surface area contributed by atoms with Crippen molar-refractivity contribution in [3.8, 4) is 22.6 Å².